The third-order valence-electron chi connectivity index (χ3n) is 1.75. The molecule has 0 amide bonds. The third kappa shape index (κ3) is 3.06. The highest BCUT2D eigenvalue weighted by Gasteiger charge is 2.05. The van der Waals surface area contributed by atoms with E-state index in [4.69, 9.17) is 23.8 Å². The van der Waals surface area contributed by atoms with Crippen molar-refractivity contribution in [3.05, 3.63) is 29.0 Å². The number of halogens is 1. The monoisotopic (exact) mass is 194 g/mol. The van der Waals surface area contributed by atoms with E-state index in [2.05, 4.69) is 10.9 Å². The Hall–Kier alpha value is -1.04. The number of hydrogen-bond donors (Lipinski definition) is 1. The Labute approximate surface area is 83.1 Å². The van der Waals surface area contributed by atoms with Crippen molar-refractivity contribution in [1.29, 1.82) is 0 Å². The molecular formula is C10H11ClN2. The molecule has 1 aromatic heterocycles. The summed E-state index contributed by atoms with van der Waals surface area (Å²) in [6.45, 7) is 0. The quantitative estimate of drug-likeness (QED) is 0.749. The number of nitrogens with zero attached hydrogens (tertiary/aromatic N) is 1. The molecule has 0 aromatic carbocycles. The highest BCUT2D eigenvalue weighted by molar-refractivity contribution is 6.30. The van der Waals surface area contributed by atoms with E-state index in [0.717, 1.165) is 12.0 Å². The molecule has 0 aliphatic heterocycles. The molecule has 0 bridgehead atoms. The van der Waals surface area contributed by atoms with Gasteiger partial charge in [0.05, 0.1) is 5.02 Å². The van der Waals surface area contributed by atoms with Gasteiger partial charge in [-0.3, -0.25) is 4.98 Å². The van der Waals surface area contributed by atoms with Gasteiger partial charge in [0.15, 0.2) is 0 Å². The molecule has 1 heterocycles. The van der Waals surface area contributed by atoms with Gasteiger partial charge in [-0.05, 0) is 18.1 Å². The topological polar surface area (TPSA) is 38.9 Å². The van der Waals surface area contributed by atoms with Crippen LogP contribution in [0, 0.1) is 12.3 Å². The standard InChI is InChI=1S/C10H11ClN2/c1-2-3-4-10(12)8-5-9(11)7-13-6-8/h1,5-7,10H,3-4,12H2. The summed E-state index contributed by atoms with van der Waals surface area (Å²) < 4.78 is 0. The molecule has 3 heteroatoms. The maximum absolute atomic E-state index is 5.86. The Morgan fingerprint density at radius 1 is 1.62 bits per heavy atom. The lowest BCUT2D eigenvalue weighted by atomic mass is 10.1. The van der Waals surface area contributed by atoms with Gasteiger partial charge in [0.25, 0.3) is 0 Å². The van der Waals surface area contributed by atoms with E-state index in [0.29, 0.717) is 11.4 Å². The summed E-state index contributed by atoms with van der Waals surface area (Å²) in [6, 6.07) is 1.75. The number of nitrogens with two attached hydrogens (primary N) is 1. The predicted molar refractivity (Wildman–Crippen MR) is 54.2 cm³/mol. The van der Waals surface area contributed by atoms with Gasteiger partial charge in [0.2, 0.25) is 0 Å². The molecule has 13 heavy (non-hydrogen) atoms. The Morgan fingerprint density at radius 3 is 3.00 bits per heavy atom. The minimum absolute atomic E-state index is 0.0674. The van der Waals surface area contributed by atoms with Crippen LogP contribution >= 0.6 is 11.6 Å². The van der Waals surface area contributed by atoms with Gasteiger partial charge in [-0.25, -0.2) is 0 Å². The fraction of sp³-hybridized carbons (Fsp3) is 0.300. The summed E-state index contributed by atoms with van der Waals surface area (Å²) in [7, 11) is 0. The molecule has 2 N–H and O–H groups in total. The smallest absolute Gasteiger partial charge is 0.0592 e. The molecule has 0 spiro atoms. The van der Waals surface area contributed by atoms with Crippen molar-refractivity contribution < 1.29 is 0 Å². The summed E-state index contributed by atoms with van der Waals surface area (Å²) in [5.74, 6) is 2.55. The van der Waals surface area contributed by atoms with Crippen LogP contribution in [0.4, 0.5) is 0 Å². The Bertz CT molecular complexity index is 317. The van der Waals surface area contributed by atoms with Crippen molar-refractivity contribution in [2.75, 3.05) is 0 Å². The first kappa shape index (κ1) is 10.0. The van der Waals surface area contributed by atoms with Crippen LogP contribution in [-0.2, 0) is 0 Å². The van der Waals surface area contributed by atoms with Crippen molar-refractivity contribution in [3.8, 4) is 12.3 Å². The maximum Gasteiger partial charge on any atom is 0.0592 e. The first-order chi connectivity index (χ1) is 6.24. The van der Waals surface area contributed by atoms with Gasteiger partial charge in [-0.2, -0.15) is 0 Å². The molecule has 1 rings (SSSR count). The fourth-order valence-corrected chi connectivity index (χ4v) is 1.22. The second-order valence-electron chi connectivity index (χ2n) is 2.79. The van der Waals surface area contributed by atoms with Crippen molar-refractivity contribution in [3.63, 3.8) is 0 Å². The summed E-state index contributed by atoms with van der Waals surface area (Å²) in [6.07, 6.45) is 9.87. The molecule has 0 radical (unpaired) electrons. The number of hydrogen-bond acceptors (Lipinski definition) is 2. The van der Waals surface area contributed by atoms with Gasteiger partial charge in [0.1, 0.15) is 0 Å². The molecule has 1 unspecified atom stereocenters. The largest absolute Gasteiger partial charge is 0.324 e. The average molecular weight is 195 g/mol. The van der Waals surface area contributed by atoms with Crippen LogP contribution in [0.15, 0.2) is 18.5 Å². The molecule has 1 atom stereocenters. The lowest BCUT2D eigenvalue weighted by Gasteiger charge is -2.09. The van der Waals surface area contributed by atoms with Crippen molar-refractivity contribution in [2.45, 2.75) is 18.9 Å². The van der Waals surface area contributed by atoms with E-state index >= 15 is 0 Å². The maximum atomic E-state index is 5.86. The van der Waals surface area contributed by atoms with Crippen molar-refractivity contribution in [1.82, 2.24) is 4.98 Å². The summed E-state index contributed by atoms with van der Waals surface area (Å²) in [5, 5.41) is 0.605. The van der Waals surface area contributed by atoms with Gasteiger partial charge in [-0.15, -0.1) is 12.3 Å². The van der Waals surface area contributed by atoms with Gasteiger partial charge in [0, 0.05) is 24.9 Å². The second-order valence-corrected chi connectivity index (χ2v) is 3.22. The Balaban J connectivity index is 2.66. The van der Waals surface area contributed by atoms with Gasteiger partial charge < -0.3 is 5.73 Å². The van der Waals surface area contributed by atoms with Crippen LogP contribution in [0.2, 0.25) is 5.02 Å². The molecule has 0 fully saturated rings. The fourth-order valence-electron chi connectivity index (χ4n) is 1.04. The van der Waals surface area contributed by atoms with E-state index in [-0.39, 0.29) is 6.04 Å². The van der Waals surface area contributed by atoms with Crippen LogP contribution in [-0.4, -0.2) is 4.98 Å². The average Bonchev–Trinajstić information content (AvgIpc) is 2.14. The summed E-state index contributed by atoms with van der Waals surface area (Å²) in [5.41, 5.74) is 6.79. The SMILES string of the molecule is C#CCCC(N)c1cncc(Cl)c1. The van der Waals surface area contributed by atoms with E-state index < -0.39 is 0 Å². The lowest BCUT2D eigenvalue weighted by Crippen LogP contribution is -2.09. The third-order valence-corrected chi connectivity index (χ3v) is 1.96. The number of aromatic nitrogens is 1. The number of pyridine rings is 1. The highest BCUT2D eigenvalue weighted by atomic mass is 35.5. The van der Waals surface area contributed by atoms with Gasteiger partial charge >= 0.3 is 0 Å². The molecule has 1 aromatic rings. The van der Waals surface area contributed by atoms with E-state index in [9.17, 15) is 0 Å². The number of terminal acetylenes is 1. The normalized spacial score (nSPS) is 12.1. The first-order valence-corrected chi connectivity index (χ1v) is 4.41. The van der Waals surface area contributed by atoms with Crippen molar-refractivity contribution >= 4 is 11.6 Å². The first-order valence-electron chi connectivity index (χ1n) is 4.03. The van der Waals surface area contributed by atoms with E-state index in [1.54, 1.807) is 12.4 Å². The molecule has 0 saturated heterocycles. The lowest BCUT2D eigenvalue weighted by molar-refractivity contribution is 0.665. The Kier molecular flexibility index (Phi) is 3.75. The van der Waals surface area contributed by atoms with Crippen LogP contribution in [0.3, 0.4) is 0 Å². The zero-order valence-electron chi connectivity index (χ0n) is 7.20. The van der Waals surface area contributed by atoms with Gasteiger partial charge in [-0.1, -0.05) is 11.6 Å². The van der Waals surface area contributed by atoms with Crippen LogP contribution in [0.1, 0.15) is 24.4 Å². The number of rotatable bonds is 3. The zero-order chi connectivity index (χ0) is 9.68. The zero-order valence-corrected chi connectivity index (χ0v) is 7.96. The van der Waals surface area contributed by atoms with Crippen molar-refractivity contribution in [2.24, 2.45) is 5.73 Å². The second kappa shape index (κ2) is 4.86. The Morgan fingerprint density at radius 2 is 2.38 bits per heavy atom. The molecular weight excluding hydrogens is 184 g/mol. The molecule has 0 aliphatic rings. The van der Waals surface area contributed by atoms with E-state index in [1.807, 2.05) is 6.07 Å². The predicted octanol–water partition coefficient (Wildman–Crippen LogP) is 2.15. The minimum Gasteiger partial charge on any atom is -0.324 e. The van der Waals surface area contributed by atoms with E-state index in [1.165, 1.54) is 0 Å². The highest BCUT2D eigenvalue weighted by Crippen LogP contribution is 2.17. The molecule has 2 nitrogen and oxygen atoms in total. The van der Waals surface area contributed by atoms with Crippen LogP contribution in [0.5, 0.6) is 0 Å². The minimum atomic E-state index is -0.0674. The summed E-state index contributed by atoms with van der Waals surface area (Å²) >= 11 is 5.76. The molecule has 0 aliphatic carbocycles. The molecule has 68 valence electrons. The molecule has 0 saturated carbocycles. The van der Waals surface area contributed by atoms with Crippen LogP contribution < -0.4 is 5.73 Å². The summed E-state index contributed by atoms with van der Waals surface area (Å²) in [4.78, 5) is 3.95. The van der Waals surface area contributed by atoms with Crippen LogP contribution in [0.25, 0.3) is 0 Å².